The fraction of sp³-hybridized carbons (Fsp3) is 0.524. The molecule has 1 fully saturated rings. The molecule has 0 N–H and O–H groups in total. The molecule has 0 radical (unpaired) electrons. The van der Waals surface area contributed by atoms with E-state index in [-0.39, 0.29) is 5.04 Å². The molecule has 0 bridgehead atoms. The minimum absolute atomic E-state index is 0.180. The first kappa shape index (κ1) is 16.3. The lowest BCUT2D eigenvalue weighted by Gasteiger charge is -2.57. The molecule has 2 unspecified atom stereocenters. The fourth-order valence-corrected chi connectivity index (χ4v) is 5.36. The van der Waals surface area contributed by atoms with Crippen molar-refractivity contribution in [2.24, 2.45) is 0 Å². The summed E-state index contributed by atoms with van der Waals surface area (Å²) >= 11 is 0. The maximum atomic E-state index is 6.92. The average Bonchev–Trinajstić information content (AvgIpc) is 2.51. The van der Waals surface area contributed by atoms with Crippen molar-refractivity contribution >= 4 is 19.1 Å². The van der Waals surface area contributed by atoms with Gasteiger partial charge in [-0.25, -0.2) is 0 Å². The molecule has 0 aromatic heterocycles. The molecule has 2 aromatic carbocycles. The Bertz CT molecular complexity index is 790. The largest absolute Gasteiger partial charge is 0.386 e. The van der Waals surface area contributed by atoms with Crippen molar-refractivity contribution in [2.45, 2.75) is 63.5 Å². The van der Waals surface area contributed by atoms with Crippen LogP contribution in [0.1, 0.15) is 50.7 Å². The molecule has 2 aromatic rings. The van der Waals surface area contributed by atoms with Gasteiger partial charge in [-0.2, -0.15) is 0 Å². The van der Waals surface area contributed by atoms with E-state index in [4.69, 9.17) is 9.16 Å². The summed E-state index contributed by atoms with van der Waals surface area (Å²) in [5.41, 5.74) is 2.74. The van der Waals surface area contributed by atoms with Crippen LogP contribution in [0.15, 0.2) is 36.4 Å². The van der Waals surface area contributed by atoms with E-state index in [1.165, 1.54) is 21.9 Å². The van der Waals surface area contributed by atoms with Crippen LogP contribution >= 0.6 is 0 Å². The van der Waals surface area contributed by atoms with Gasteiger partial charge in [-0.1, -0.05) is 57.2 Å². The summed E-state index contributed by atoms with van der Waals surface area (Å²) < 4.78 is 13.3. The Kier molecular flexibility index (Phi) is 3.51. The summed E-state index contributed by atoms with van der Waals surface area (Å²) in [4.78, 5) is 0. The van der Waals surface area contributed by atoms with Gasteiger partial charge in [0.2, 0.25) is 0 Å². The van der Waals surface area contributed by atoms with E-state index >= 15 is 0 Å². The minimum Gasteiger partial charge on any atom is -0.386 e. The highest BCUT2D eigenvalue weighted by Crippen LogP contribution is 2.61. The summed E-state index contributed by atoms with van der Waals surface area (Å²) in [6.45, 7) is 12.4. The number of fused-ring (bicyclic) bond motifs is 6. The van der Waals surface area contributed by atoms with Crippen LogP contribution in [-0.2, 0) is 14.9 Å². The van der Waals surface area contributed by atoms with E-state index in [0.717, 1.165) is 19.4 Å². The molecule has 0 amide bonds. The third-order valence-electron chi connectivity index (χ3n) is 6.32. The summed E-state index contributed by atoms with van der Waals surface area (Å²) in [6, 6.07) is 13.2. The van der Waals surface area contributed by atoms with Crippen LogP contribution < -0.4 is 0 Å². The zero-order valence-corrected chi connectivity index (χ0v) is 16.5. The molecule has 2 atom stereocenters. The van der Waals surface area contributed by atoms with E-state index in [9.17, 15) is 0 Å². The van der Waals surface area contributed by atoms with Crippen molar-refractivity contribution in [3.8, 4) is 0 Å². The van der Waals surface area contributed by atoms with Gasteiger partial charge < -0.3 is 9.16 Å². The van der Waals surface area contributed by atoms with Crippen molar-refractivity contribution in [1.82, 2.24) is 0 Å². The molecular weight excluding hydrogens is 312 g/mol. The van der Waals surface area contributed by atoms with Crippen molar-refractivity contribution in [1.29, 1.82) is 0 Å². The quantitative estimate of drug-likeness (QED) is 0.632. The summed E-state index contributed by atoms with van der Waals surface area (Å²) in [7, 11) is -1.92. The fourth-order valence-electron chi connectivity index (χ4n) is 3.99. The lowest BCUT2D eigenvalue weighted by Crippen LogP contribution is -2.58. The number of benzene rings is 2. The maximum absolute atomic E-state index is 6.92. The third-order valence-corrected chi connectivity index (χ3v) is 10.7. The van der Waals surface area contributed by atoms with Gasteiger partial charge in [-0.05, 0) is 47.3 Å². The predicted octanol–water partition coefficient (Wildman–Crippen LogP) is 5.92. The second kappa shape index (κ2) is 5.17. The first-order valence-electron chi connectivity index (χ1n) is 9.12. The van der Waals surface area contributed by atoms with Crippen LogP contribution in [0, 0.1) is 0 Å². The maximum Gasteiger partial charge on any atom is 0.196 e. The van der Waals surface area contributed by atoms with Crippen LogP contribution in [-0.4, -0.2) is 14.9 Å². The number of hydrogen-bond acceptors (Lipinski definition) is 2. The minimum atomic E-state index is -1.92. The summed E-state index contributed by atoms with van der Waals surface area (Å²) in [5, 5.41) is 2.88. The van der Waals surface area contributed by atoms with E-state index < -0.39 is 14.1 Å². The van der Waals surface area contributed by atoms with Gasteiger partial charge in [0.15, 0.2) is 14.1 Å². The predicted molar refractivity (Wildman–Crippen MR) is 102 cm³/mol. The van der Waals surface area contributed by atoms with Gasteiger partial charge in [0, 0.05) is 11.5 Å². The Balaban J connectivity index is 1.84. The molecule has 1 aliphatic carbocycles. The summed E-state index contributed by atoms with van der Waals surface area (Å²) in [6.07, 6.45) is 2.28. The second-order valence-corrected chi connectivity index (χ2v) is 13.5. The molecule has 1 aliphatic heterocycles. The number of rotatable bonds is 2. The highest BCUT2D eigenvalue weighted by Gasteiger charge is 2.59. The Hall–Kier alpha value is -1.16. The molecule has 0 spiro atoms. The zero-order chi connectivity index (χ0) is 17.2. The van der Waals surface area contributed by atoms with Crippen molar-refractivity contribution in [3.63, 3.8) is 0 Å². The highest BCUT2D eigenvalue weighted by molar-refractivity contribution is 6.74. The van der Waals surface area contributed by atoms with Gasteiger partial charge >= 0.3 is 0 Å². The van der Waals surface area contributed by atoms with Crippen LogP contribution in [0.25, 0.3) is 10.8 Å². The monoisotopic (exact) mass is 340 g/mol. The van der Waals surface area contributed by atoms with Gasteiger partial charge in [0.1, 0.15) is 0 Å². The number of ether oxygens (including phenoxy) is 1. The van der Waals surface area contributed by atoms with E-state index in [1.807, 2.05) is 0 Å². The lowest BCUT2D eigenvalue weighted by atomic mass is 9.66. The van der Waals surface area contributed by atoms with Gasteiger partial charge in [-0.3, -0.25) is 0 Å². The first-order valence-corrected chi connectivity index (χ1v) is 12.0. The molecule has 1 saturated heterocycles. The van der Waals surface area contributed by atoms with Crippen LogP contribution in [0.4, 0.5) is 0 Å². The molecule has 128 valence electrons. The Morgan fingerprint density at radius 2 is 1.88 bits per heavy atom. The molecule has 2 aliphatic rings. The van der Waals surface area contributed by atoms with Crippen molar-refractivity contribution < 1.29 is 9.16 Å². The van der Waals surface area contributed by atoms with Crippen molar-refractivity contribution in [2.75, 3.05) is 6.61 Å². The number of hydrogen-bond donors (Lipinski definition) is 0. The van der Waals surface area contributed by atoms with E-state index in [1.54, 1.807) is 0 Å². The smallest absolute Gasteiger partial charge is 0.196 e. The van der Waals surface area contributed by atoms with Gasteiger partial charge in [0.25, 0.3) is 0 Å². The van der Waals surface area contributed by atoms with Gasteiger partial charge in [-0.15, -0.1) is 0 Å². The average molecular weight is 341 g/mol. The standard InChI is InChI=1S/C21H28O2Si/c1-20(2,3)24(4,5)23-21-17(11-8-14-22-21)19-16-10-7-6-9-15(16)12-13-18(19)21/h6-7,9-10,12-13,17H,8,11,14H2,1-5H3. The van der Waals surface area contributed by atoms with E-state index in [2.05, 4.69) is 70.3 Å². The molecule has 1 heterocycles. The molecule has 2 nitrogen and oxygen atoms in total. The molecular formula is C21H28O2Si. The topological polar surface area (TPSA) is 18.5 Å². The van der Waals surface area contributed by atoms with Crippen LogP contribution in [0.3, 0.4) is 0 Å². The molecule has 4 rings (SSSR count). The Labute approximate surface area is 146 Å². The van der Waals surface area contributed by atoms with Crippen LogP contribution in [0.2, 0.25) is 18.1 Å². The normalized spacial score (nSPS) is 26.6. The second-order valence-electron chi connectivity index (χ2n) is 8.82. The summed E-state index contributed by atoms with van der Waals surface area (Å²) in [5.74, 6) is -0.123. The molecule has 3 heteroatoms. The third kappa shape index (κ3) is 2.14. The molecule has 0 saturated carbocycles. The lowest BCUT2D eigenvalue weighted by molar-refractivity contribution is -0.253. The highest BCUT2D eigenvalue weighted by atomic mass is 28.4. The molecule has 24 heavy (non-hydrogen) atoms. The Morgan fingerprint density at radius 3 is 2.62 bits per heavy atom. The van der Waals surface area contributed by atoms with Gasteiger partial charge in [0.05, 0.1) is 6.61 Å². The van der Waals surface area contributed by atoms with E-state index in [0.29, 0.717) is 5.92 Å². The SMILES string of the molecule is CC(C)(C)[Si](C)(C)OC12OCCCC1c1c2ccc2ccccc12. The first-order chi connectivity index (χ1) is 11.3. The van der Waals surface area contributed by atoms with Crippen LogP contribution in [0.5, 0.6) is 0 Å². The zero-order valence-electron chi connectivity index (χ0n) is 15.5. The van der Waals surface area contributed by atoms with Crippen molar-refractivity contribution in [3.05, 3.63) is 47.5 Å². The Morgan fingerprint density at radius 1 is 1.12 bits per heavy atom.